The molecule has 2 aromatic heterocycles. The highest BCUT2D eigenvalue weighted by molar-refractivity contribution is 9.10. The van der Waals surface area contributed by atoms with E-state index in [4.69, 9.17) is 11.6 Å². The zero-order chi connectivity index (χ0) is 18.0. The monoisotopic (exact) mass is 424 g/mol. The molecule has 3 rings (SSSR count). The van der Waals surface area contributed by atoms with E-state index in [1.807, 2.05) is 12.1 Å². The van der Waals surface area contributed by atoms with Gasteiger partial charge in [-0.1, -0.05) is 28.8 Å². The van der Waals surface area contributed by atoms with Crippen molar-refractivity contribution >= 4 is 45.1 Å². The van der Waals surface area contributed by atoms with Crippen LogP contribution in [-0.2, 0) is 6.54 Å². The molecule has 0 radical (unpaired) electrons. The van der Waals surface area contributed by atoms with Crippen LogP contribution in [0.25, 0.3) is 0 Å². The lowest BCUT2D eigenvalue weighted by molar-refractivity contribution is -0.389. The number of nitrogens with one attached hydrogen (secondary N) is 2. The number of anilines is 1. The summed E-state index contributed by atoms with van der Waals surface area (Å²) in [5.41, 5.74) is 0.881. The number of nitrogens with zero attached hydrogens (tertiary/aromatic N) is 4. The summed E-state index contributed by atoms with van der Waals surface area (Å²) >= 11 is 9.17. The van der Waals surface area contributed by atoms with Crippen molar-refractivity contribution in [1.29, 1.82) is 0 Å². The summed E-state index contributed by atoms with van der Waals surface area (Å²) in [7, 11) is 0. The molecule has 0 aliphatic heterocycles. The average molecular weight is 426 g/mol. The molecule has 0 bridgehead atoms. The van der Waals surface area contributed by atoms with Crippen LogP contribution in [0.3, 0.4) is 0 Å². The molecule has 0 atom stereocenters. The number of carbonyl (C=O) groups is 1. The number of aromatic nitrogens is 4. The van der Waals surface area contributed by atoms with Crippen molar-refractivity contribution in [2.45, 2.75) is 6.54 Å². The zero-order valence-corrected chi connectivity index (χ0v) is 14.8. The highest BCUT2D eigenvalue weighted by Gasteiger charge is 2.18. The minimum atomic E-state index is -0.666. The highest BCUT2D eigenvalue weighted by Crippen LogP contribution is 2.22. The number of hydrogen-bond donors (Lipinski definition) is 2. The van der Waals surface area contributed by atoms with Crippen molar-refractivity contribution in [2.75, 3.05) is 5.32 Å². The Morgan fingerprint density at radius 1 is 1.40 bits per heavy atom. The Morgan fingerprint density at radius 2 is 2.12 bits per heavy atom. The van der Waals surface area contributed by atoms with Crippen LogP contribution in [0.2, 0.25) is 5.02 Å². The van der Waals surface area contributed by atoms with Gasteiger partial charge in [-0.15, -0.1) is 5.10 Å². The van der Waals surface area contributed by atoms with E-state index in [9.17, 15) is 14.9 Å². The topological polar surface area (TPSA) is 119 Å². The van der Waals surface area contributed by atoms with Gasteiger partial charge < -0.3 is 15.4 Å². The molecule has 1 aromatic carbocycles. The molecule has 0 spiro atoms. The van der Waals surface area contributed by atoms with Crippen molar-refractivity contribution in [3.05, 3.63) is 67.4 Å². The summed E-state index contributed by atoms with van der Waals surface area (Å²) in [5.74, 6) is -0.691. The Labute approximate surface area is 154 Å². The van der Waals surface area contributed by atoms with Crippen molar-refractivity contribution in [3.63, 3.8) is 0 Å². The number of nitro groups is 1. The molecular formula is C14H10BrClN6O3. The van der Waals surface area contributed by atoms with Gasteiger partial charge in [-0.3, -0.25) is 9.48 Å². The second kappa shape index (κ2) is 7.03. The maximum Gasteiger partial charge on any atom is 0.343 e. The minimum absolute atomic E-state index is 0.106. The minimum Gasteiger partial charge on any atom is -0.358 e. The fraction of sp³-hybridized carbons (Fsp3) is 0.0714. The van der Waals surface area contributed by atoms with Crippen molar-refractivity contribution in [3.8, 4) is 0 Å². The second-order valence-corrected chi connectivity index (χ2v) is 6.29. The van der Waals surface area contributed by atoms with Gasteiger partial charge in [-0.25, -0.2) is 0 Å². The Bertz CT molecular complexity index is 936. The molecule has 9 nitrogen and oxygen atoms in total. The standard InChI is InChI=1S/C14H10BrClN6O3/c15-10-7-21(6-8-1-3-9(16)4-2-8)20-13(10)17-14(23)11-5-12(19-18-11)22(24)25/h1-5,7H,6H2,(H,18,19)(H,17,20,23). The summed E-state index contributed by atoms with van der Waals surface area (Å²) in [5, 5.41) is 23.9. The summed E-state index contributed by atoms with van der Waals surface area (Å²) in [4.78, 5) is 22.1. The molecule has 0 aliphatic carbocycles. The number of aromatic amines is 1. The van der Waals surface area contributed by atoms with Gasteiger partial charge in [0, 0.05) is 11.2 Å². The maximum absolute atomic E-state index is 12.1. The second-order valence-electron chi connectivity index (χ2n) is 5.00. The number of rotatable bonds is 5. The zero-order valence-electron chi connectivity index (χ0n) is 12.4. The van der Waals surface area contributed by atoms with Crippen LogP contribution in [0.4, 0.5) is 11.6 Å². The van der Waals surface area contributed by atoms with E-state index < -0.39 is 10.8 Å². The fourth-order valence-corrected chi connectivity index (χ4v) is 2.57. The summed E-state index contributed by atoms with van der Waals surface area (Å²) < 4.78 is 2.20. The first-order valence-electron chi connectivity index (χ1n) is 6.91. The summed E-state index contributed by atoms with van der Waals surface area (Å²) in [6.07, 6.45) is 1.71. The molecule has 11 heteroatoms. The van der Waals surface area contributed by atoms with Gasteiger partial charge in [0.1, 0.15) is 0 Å². The number of H-pyrrole nitrogens is 1. The van der Waals surface area contributed by atoms with Gasteiger partial charge >= 0.3 is 5.82 Å². The van der Waals surface area contributed by atoms with E-state index in [0.717, 1.165) is 11.6 Å². The number of hydrogen-bond acceptors (Lipinski definition) is 5. The van der Waals surface area contributed by atoms with Crippen LogP contribution in [0, 0.1) is 10.1 Å². The number of carbonyl (C=O) groups excluding carboxylic acids is 1. The van der Waals surface area contributed by atoms with E-state index >= 15 is 0 Å². The van der Waals surface area contributed by atoms with Crippen LogP contribution >= 0.6 is 27.5 Å². The third-order valence-corrected chi connectivity index (χ3v) is 4.03. The third kappa shape index (κ3) is 4.03. The predicted octanol–water partition coefficient (Wildman–Crippen LogP) is 3.23. The predicted molar refractivity (Wildman–Crippen MR) is 93.7 cm³/mol. The lowest BCUT2D eigenvalue weighted by atomic mass is 10.2. The molecule has 2 N–H and O–H groups in total. The lowest BCUT2D eigenvalue weighted by Crippen LogP contribution is -2.13. The van der Waals surface area contributed by atoms with Crippen LogP contribution in [0.15, 0.2) is 41.0 Å². The molecule has 25 heavy (non-hydrogen) atoms. The van der Waals surface area contributed by atoms with Crippen LogP contribution in [0.1, 0.15) is 16.1 Å². The Balaban J connectivity index is 1.72. The van der Waals surface area contributed by atoms with Crippen molar-refractivity contribution < 1.29 is 9.72 Å². The molecule has 2 heterocycles. The molecule has 0 unspecified atom stereocenters. The van der Waals surface area contributed by atoms with Gasteiger partial charge in [0.15, 0.2) is 11.5 Å². The number of amides is 1. The Hall–Kier alpha value is -2.72. The molecule has 0 saturated heterocycles. The van der Waals surface area contributed by atoms with Crippen molar-refractivity contribution in [2.24, 2.45) is 0 Å². The van der Waals surface area contributed by atoms with Crippen molar-refractivity contribution in [1.82, 2.24) is 20.0 Å². The fourth-order valence-electron chi connectivity index (χ4n) is 2.03. The largest absolute Gasteiger partial charge is 0.358 e. The Morgan fingerprint density at radius 3 is 2.76 bits per heavy atom. The first-order valence-corrected chi connectivity index (χ1v) is 8.08. The molecule has 0 aliphatic rings. The summed E-state index contributed by atoms with van der Waals surface area (Å²) in [6, 6.07) is 8.36. The van der Waals surface area contributed by atoms with Gasteiger partial charge in [0.25, 0.3) is 5.91 Å². The van der Waals surface area contributed by atoms with Gasteiger partial charge in [-0.05, 0) is 38.5 Å². The normalized spacial score (nSPS) is 10.6. The average Bonchev–Trinajstić information content (AvgIpc) is 3.17. The molecule has 0 fully saturated rings. The van der Waals surface area contributed by atoms with E-state index in [1.165, 1.54) is 0 Å². The quantitative estimate of drug-likeness (QED) is 0.480. The van der Waals surface area contributed by atoms with Crippen LogP contribution in [0.5, 0.6) is 0 Å². The molecule has 128 valence electrons. The molecule has 3 aromatic rings. The van der Waals surface area contributed by atoms with Crippen LogP contribution < -0.4 is 5.32 Å². The van der Waals surface area contributed by atoms with E-state index in [2.05, 4.69) is 36.5 Å². The molecule has 1 amide bonds. The third-order valence-electron chi connectivity index (χ3n) is 3.20. The SMILES string of the molecule is O=C(Nc1nn(Cc2ccc(Cl)cc2)cc1Br)c1cc([N+](=O)[O-])[nH]n1. The smallest absolute Gasteiger partial charge is 0.343 e. The lowest BCUT2D eigenvalue weighted by Gasteiger charge is -2.02. The van der Waals surface area contributed by atoms with E-state index in [0.29, 0.717) is 16.0 Å². The highest BCUT2D eigenvalue weighted by atomic mass is 79.9. The van der Waals surface area contributed by atoms with Gasteiger partial charge in [-0.2, -0.15) is 5.10 Å². The first-order chi connectivity index (χ1) is 11.9. The number of benzene rings is 1. The molecular weight excluding hydrogens is 416 g/mol. The van der Waals surface area contributed by atoms with Crippen LogP contribution in [-0.4, -0.2) is 30.8 Å². The maximum atomic E-state index is 12.1. The molecule has 0 saturated carbocycles. The van der Waals surface area contributed by atoms with E-state index in [-0.39, 0.29) is 17.3 Å². The van der Waals surface area contributed by atoms with Gasteiger partial charge in [0.2, 0.25) is 0 Å². The first kappa shape index (κ1) is 17.1. The Kier molecular flexibility index (Phi) is 4.81. The number of halogens is 2. The van der Waals surface area contributed by atoms with E-state index in [1.54, 1.807) is 23.0 Å². The van der Waals surface area contributed by atoms with Gasteiger partial charge in [0.05, 0.1) is 17.1 Å². The summed E-state index contributed by atoms with van der Waals surface area (Å²) in [6.45, 7) is 0.486.